The number of sulfonamides is 1. The molecule has 2 N–H and O–H groups in total. The summed E-state index contributed by atoms with van der Waals surface area (Å²) in [6, 6.07) is 2.01. The van der Waals surface area contributed by atoms with E-state index < -0.39 is 15.8 Å². The molecule has 1 aromatic rings. The largest absolute Gasteiger partial charge is 0.320 e. The molecule has 0 saturated carbocycles. The molecule has 0 amide bonds. The van der Waals surface area contributed by atoms with Gasteiger partial charge in [-0.2, -0.15) is 0 Å². The molecular weight excluding hydrogens is 314 g/mol. The van der Waals surface area contributed by atoms with E-state index in [1.54, 1.807) is 7.05 Å². The maximum absolute atomic E-state index is 13.0. The van der Waals surface area contributed by atoms with Crippen molar-refractivity contribution in [2.24, 2.45) is 0 Å². The number of anilines is 1. The van der Waals surface area contributed by atoms with Gasteiger partial charge in [-0.1, -0.05) is 23.2 Å². The summed E-state index contributed by atoms with van der Waals surface area (Å²) in [7, 11) is -1.75. The predicted octanol–water partition coefficient (Wildman–Crippen LogP) is 2.87. The first kappa shape index (κ1) is 16.5. The Morgan fingerprint density at radius 3 is 2.32 bits per heavy atom. The fourth-order valence-corrected chi connectivity index (χ4v) is 3.32. The van der Waals surface area contributed by atoms with E-state index in [4.69, 9.17) is 23.2 Å². The number of halogens is 3. The van der Waals surface area contributed by atoms with Gasteiger partial charge in [-0.15, -0.1) is 0 Å². The fourth-order valence-electron chi connectivity index (χ4n) is 1.44. The first-order valence-electron chi connectivity index (χ1n) is 5.65. The van der Waals surface area contributed by atoms with Crippen molar-refractivity contribution in [3.8, 4) is 0 Å². The second kappa shape index (κ2) is 7.28. The highest BCUT2D eigenvalue weighted by Gasteiger charge is 2.16. The molecule has 0 bridgehead atoms. The summed E-state index contributed by atoms with van der Waals surface area (Å²) in [6.45, 7) is 0.744. The molecule has 1 rings (SSSR count). The van der Waals surface area contributed by atoms with Crippen LogP contribution in [0.15, 0.2) is 12.1 Å². The SMILES string of the molecule is CNCCCCS(=O)(=O)Nc1c(Cl)cc(F)cc1Cl. The lowest BCUT2D eigenvalue weighted by molar-refractivity contribution is 0.595. The van der Waals surface area contributed by atoms with Crippen molar-refractivity contribution in [1.29, 1.82) is 0 Å². The molecule has 0 aliphatic heterocycles. The second-order valence-corrected chi connectivity index (χ2v) is 6.63. The molecule has 0 aliphatic rings. The van der Waals surface area contributed by atoms with Gasteiger partial charge in [-0.25, -0.2) is 12.8 Å². The molecule has 0 spiro atoms. The first-order chi connectivity index (χ1) is 8.85. The van der Waals surface area contributed by atoms with E-state index in [0.717, 1.165) is 25.1 Å². The number of unbranched alkanes of at least 4 members (excludes halogenated alkanes) is 1. The third-order valence-corrected chi connectivity index (χ3v) is 4.29. The van der Waals surface area contributed by atoms with E-state index in [-0.39, 0.29) is 21.5 Å². The van der Waals surface area contributed by atoms with Gasteiger partial charge in [-0.05, 0) is 38.6 Å². The monoisotopic (exact) mass is 328 g/mol. The first-order valence-corrected chi connectivity index (χ1v) is 8.06. The standard InChI is InChI=1S/C11H15Cl2FN2O2S/c1-15-4-2-3-5-19(17,18)16-11-9(12)6-8(14)7-10(11)13/h6-7,15-16H,2-5H2,1H3. The molecule has 0 fully saturated rings. The van der Waals surface area contributed by atoms with Crippen LogP contribution in [0.2, 0.25) is 10.0 Å². The minimum absolute atomic E-state index is 0.0124. The normalized spacial score (nSPS) is 11.6. The van der Waals surface area contributed by atoms with Crippen LogP contribution in [0.25, 0.3) is 0 Å². The number of hydrogen-bond acceptors (Lipinski definition) is 3. The van der Waals surface area contributed by atoms with Gasteiger partial charge in [0.05, 0.1) is 21.5 Å². The van der Waals surface area contributed by atoms with Crippen LogP contribution in [0.4, 0.5) is 10.1 Å². The van der Waals surface area contributed by atoms with Crippen LogP contribution in [0.5, 0.6) is 0 Å². The fraction of sp³-hybridized carbons (Fsp3) is 0.455. The van der Waals surface area contributed by atoms with E-state index in [0.29, 0.717) is 6.42 Å². The van der Waals surface area contributed by atoms with Crippen molar-refractivity contribution >= 4 is 38.9 Å². The Morgan fingerprint density at radius 2 is 1.79 bits per heavy atom. The summed E-state index contributed by atoms with van der Waals surface area (Å²) in [6.07, 6.45) is 1.24. The number of rotatable bonds is 7. The highest BCUT2D eigenvalue weighted by Crippen LogP contribution is 2.32. The lowest BCUT2D eigenvalue weighted by Crippen LogP contribution is -2.18. The maximum atomic E-state index is 13.0. The Labute approximate surface area is 122 Å². The zero-order valence-corrected chi connectivity index (χ0v) is 12.7. The van der Waals surface area contributed by atoms with Gasteiger partial charge in [-0.3, -0.25) is 4.72 Å². The van der Waals surface area contributed by atoms with Gasteiger partial charge in [0, 0.05) is 0 Å². The molecule has 8 heteroatoms. The van der Waals surface area contributed by atoms with Crippen molar-refractivity contribution in [2.45, 2.75) is 12.8 Å². The molecule has 4 nitrogen and oxygen atoms in total. The zero-order valence-electron chi connectivity index (χ0n) is 10.3. The van der Waals surface area contributed by atoms with Crippen molar-refractivity contribution < 1.29 is 12.8 Å². The molecule has 0 aliphatic carbocycles. The van der Waals surface area contributed by atoms with Gasteiger partial charge in [0.25, 0.3) is 0 Å². The number of benzene rings is 1. The molecule has 1 aromatic carbocycles. The van der Waals surface area contributed by atoms with Crippen LogP contribution in [-0.2, 0) is 10.0 Å². The molecule has 0 aromatic heterocycles. The van der Waals surface area contributed by atoms with E-state index >= 15 is 0 Å². The topological polar surface area (TPSA) is 58.2 Å². The van der Waals surface area contributed by atoms with Crippen molar-refractivity contribution in [2.75, 3.05) is 24.1 Å². The van der Waals surface area contributed by atoms with Crippen molar-refractivity contribution in [3.63, 3.8) is 0 Å². The summed E-state index contributed by atoms with van der Waals surface area (Å²) in [5.74, 6) is -0.661. The smallest absolute Gasteiger partial charge is 0.232 e. The van der Waals surface area contributed by atoms with E-state index in [1.807, 2.05) is 0 Å². The van der Waals surface area contributed by atoms with Crippen molar-refractivity contribution in [1.82, 2.24) is 5.32 Å². The Kier molecular flexibility index (Phi) is 6.32. The highest BCUT2D eigenvalue weighted by atomic mass is 35.5. The Hall–Kier alpha value is -0.560. The van der Waals surface area contributed by atoms with Crippen LogP contribution in [0, 0.1) is 5.82 Å². The Bertz CT molecular complexity index is 514. The van der Waals surface area contributed by atoms with Crippen LogP contribution in [-0.4, -0.2) is 27.8 Å². The van der Waals surface area contributed by atoms with E-state index in [1.165, 1.54) is 0 Å². The highest BCUT2D eigenvalue weighted by molar-refractivity contribution is 7.92. The maximum Gasteiger partial charge on any atom is 0.232 e. The van der Waals surface area contributed by atoms with Crippen molar-refractivity contribution in [3.05, 3.63) is 28.0 Å². The molecule has 0 heterocycles. The molecule has 0 saturated heterocycles. The summed E-state index contributed by atoms with van der Waals surface area (Å²) in [5, 5.41) is 2.80. The number of hydrogen-bond donors (Lipinski definition) is 2. The zero-order chi connectivity index (χ0) is 14.5. The van der Waals surface area contributed by atoms with Gasteiger partial charge in [0.15, 0.2) is 0 Å². The second-order valence-electron chi connectivity index (χ2n) is 3.98. The van der Waals surface area contributed by atoms with Crippen LogP contribution < -0.4 is 10.0 Å². The van der Waals surface area contributed by atoms with Crippen LogP contribution in [0.3, 0.4) is 0 Å². The van der Waals surface area contributed by atoms with Gasteiger partial charge >= 0.3 is 0 Å². The summed E-state index contributed by atoms with van der Waals surface area (Å²) >= 11 is 11.5. The average molecular weight is 329 g/mol. The molecule has 0 atom stereocenters. The predicted molar refractivity (Wildman–Crippen MR) is 77.0 cm³/mol. The molecule has 0 radical (unpaired) electrons. The number of nitrogens with one attached hydrogen (secondary N) is 2. The van der Waals surface area contributed by atoms with Crippen LogP contribution in [0.1, 0.15) is 12.8 Å². The molecule has 19 heavy (non-hydrogen) atoms. The summed E-state index contributed by atoms with van der Waals surface area (Å²) in [4.78, 5) is 0. The molecular formula is C11H15Cl2FN2O2S. The minimum atomic E-state index is -3.54. The van der Waals surface area contributed by atoms with E-state index in [2.05, 4.69) is 10.0 Å². The average Bonchev–Trinajstić information content (AvgIpc) is 2.29. The van der Waals surface area contributed by atoms with Crippen LogP contribution >= 0.6 is 23.2 Å². The third kappa shape index (κ3) is 5.52. The summed E-state index contributed by atoms with van der Waals surface area (Å²) in [5.41, 5.74) is 0.0124. The van der Waals surface area contributed by atoms with Gasteiger partial charge in [0.1, 0.15) is 5.82 Å². The summed E-state index contributed by atoms with van der Waals surface area (Å²) < 4.78 is 38.9. The Morgan fingerprint density at radius 1 is 1.21 bits per heavy atom. The minimum Gasteiger partial charge on any atom is -0.320 e. The van der Waals surface area contributed by atoms with Gasteiger partial charge in [0.2, 0.25) is 10.0 Å². The molecule has 0 unspecified atom stereocenters. The van der Waals surface area contributed by atoms with Gasteiger partial charge < -0.3 is 5.32 Å². The third-order valence-electron chi connectivity index (χ3n) is 2.35. The Balaban J connectivity index is 2.73. The quantitative estimate of drug-likeness (QED) is 0.756. The van der Waals surface area contributed by atoms with E-state index in [9.17, 15) is 12.8 Å². The lowest BCUT2D eigenvalue weighted by atomic mass is 10.3. The lowest BCUT2D eigenvalue weighted by Gasteiger charge is -2.11. The molecule has 108 valence electrons.